The van der Waals surface area contributed by atoms with Crippen LogP contribution in [0.1, 0.15) is 65.2 Å². The van der Waals surface area contributed by atoms with Gasteiger partial charge in [-0.15, -0.1) is 0 Å². The number of aromatic nitrogens is 2. The third kappa shape index (κ3) is 5.65. The zero-order chi connectivity index (χ0) is 23.0. The van der Waals surface area contributed by atoms with Crippen LogP contribution in [-0.4, -0.2) is 23.1 Å². The lowest BCUT2D eigenvalue weighted by molar-refractivity contribution is 0.562. The Morgan fingerprint density at radius 3 is 2.30 bits per heavy atom. The minimum absolute atomic E-state index is 0.365. The Bertz CT molecular complexity index is 1200. The van der Waals surface area contributed by atoms with E-state index in [-0.39, 0.29) is 5.63 Å². The number of rotatable bonds is 12. The minimum atomic E-state index is -0.365. The Morgan fingerprint density at radius 2 is 1.61 bits per heavy atom. The Balaban J connectivity index is 1.59. The monoisotopic (exact) mass is 445 g/mol. The van der Waals surface area contributed by atoms with Gasteiger partial charge in [0.1, 0.15) is 17.0 Å². The topological polar surface area (TPSA) is 62.1 Å². The summed E-state index contributed by atoms with van der Waals surface area (Å²) in [5.74, 6) is 0.546. The highest BCUT2D eigenvalue weighted by atomic mass is 16.4. The van der Waals surface area contributed by atoms with Gasteiger partial charge in [0.05, 0.1) is 11.0 Å². The summed E-state index contributed by atoms with van der Waals surface area (Å²) in [6.07, 6.45) is 9.93. The number of benzene rings is 2. The summed E-state index contributed by atoms with van der Waals surface area (Å²) < 4.78 is 5.78. The van der Waals surface area contributed by atoms with Gasteiger partial charge in [0, 0.05) is 30.2 Å². The van der Waals surface area contributed by atoms with E-state index < -0.39 is 0 Å². The molecular weight excluding hydrogens is 410 g/mol. The molecule has 174 valence electrons. The smallest absolute Gasteiger partial charge is 0.347 e. The van der Waals surface area contributed by atoms with E-state index in [1.165, 1.54) is 51.4 Å². The van der Waals surface area contributed by atoms with Crippen molar-refractivity contribution >= 4 is 27.7 Å². The second-order valence-corrected chi connectivity index (χ2v) is 8.88. The standard InChI is InChI=1S/C28H35N3O2/c1-3-5-7-11-17-31(18-12-8-6-4-2)22-16-15-21-19-23(28(32)33-26(21)20-22)27-29-24-13-9-10-14-25(24)30-27/h9-10,13-16,19-20H,3-8,11-12,17-18H2,1-2H3,(H,29,30). The van der Waals surface area contributed by atoms with Crippen LogP contribution in [0.5, 0.6) is 0 Å². The first-order valence-corrected chi connectivity index (χ1v) is 12.5. The van der Waals surface area contributed by atoms with Crippen LogP contribution in [0.3, 0.4) is 0 Å². The molecule has 0 radical (unpaired) electrons. The van der Waals surface area contributed by atoms with Gasteiger partial charge in [-0.3, -0.25) is 0 Å². The molecule has 0 amide bonds. The first-order chi connectivity index (χ1) is 16.2. The maximum atomic E-state index is 12.8. The van der Waals surface area contributed by atoms with E-state index in [0.29, 0.717) is 17.0 Å². The van der Waals surface area contributed by atoms with E-state index in [4.69, 9.17) is 4.42 Å². The molecular formula is C28H35N3O2. The van der Waals surface area contributed by atoms with Crippen LogP contribution in [0.4, 0.5) is 5.69 Å². The summed E-state index contributed by atoms with van der Waals surface area (Å²) >= 11 is 0. The molecule has 0 spiro atoms. The number of nitrogens with one attached hydrogen (secondary N) is 1. The van der Waals surface area contributed by atoms with Crippen molar-refractivity contribution in [3.05, 3.63) is 59.0 Å². The van der Waals surface area contributed by atoms with E-state index in [1.54, 1.807) is 0 Å². The zero-order valence-electron chi connectivity index (χ0n) is 19.9. The molecule has 0 saturated carbocycles. The molecule has 5 nitrogen and oxygen atoms in total. The van der Waals surface area contributed by atoms with Crippen LogP contribution in [0.25, 0.3) is 33.4 Å². The molecule has 4 rings (SSSR count). The van der Waals surface area contributed by atoms with Gasteiger partial charge in [-0.2, -0.15) is 0 Å². The highest BCUT2D eigenvalue weighted by Crippen LogP contribution is 2.26. The number of para-hydroxylation sites is 2. The predicted octanol–water partition coefficient (Wildman–Crippen LogP) is 7.30. The molecule has 2 aromatic heterocycles. The van der Waals surface area contributed by atoms with E-state index in [9.17, 15) is 4.79 Å². The quantitative estimate of drug-likeness (QED) is 0.183. The lowest BCUT2D eigenvalue weighted by Gasteiger charge is -2.25. The molecule has 2 heterocycles. The van der Waals surface area contributed by atoms with Gasteiger partial charge >= 0.3 is 5.63 Å². The largest absolute Gasteiger partial charge is 0.422 e. The van der Waals surface area contributed by atoms with Crippen molar-refractivity contribution in [3.63, 3.8) is 0 Å². The fourth-order valence-corrected chi connectivity index (χ4v) is 4.37. The van der Waals surface area contributed by atoms with Gasteiger partial charge in [-0.25, -0.2) is 9.78 Å². The molecule has 0 aliphatic carbocycles. The maximum Gasteiger partial charge on any atom is 0.347 e. The molecule has 2 aromatic carbocycles. The molecule has 0 unspecified atom stereocenters. The Morgan fingerprint density at radius 1 is 0.879 bits per heavy atom. The molecule has 0 aliphatic heterocycles. The Labute approximate surface area is 195 Å². The number of hydrogen-bond acceptors (Lipinski definition) is 4. The van der Waals surface area contributed by atoms with Gasteiger partial charge in [0.25, 0.3) is 0 Å². The first-order valence-electron chi connectivity index (χ1n) is 12.5. The summed E-state index contributed by atoms with van der Waals surface area (Å²) in [6, 6.07) is 15.9. The molecule has 0 fully saturated rings. The van der Waals surface area contributed by atoms with Crippen molar-refractivity contribution in [1.29, 1.82) is 0 Å². The highest BCUT2D eigenvalue weighted by molar-refractivity contribution is 5.85. The third-order valence-corrected chi connectivity index (χ3v) is 6.29. The highest BCUT2D eigenvalue weighted by Gasteiger charge is 2.14. The van der Waals surface area contributed by atoms with E-state index in [1.807, 2.05) is 36.4 Å². The lowest BCUT2D eigenvalue weighted by atomic mass is 10.1. The number of nitrogens with zero attached hydrogens (tertiary/aromatic N) is 2. The second kappa shape index (κ2) is 11.2. The predicted molar refractivity (Wildman–Crippen MR) is 138 cm³/mol. The van der Waals surface area contributed by atoms with Crippen LogP contribution < -0.4 is 10.5 Å². The minimum Gasteiger partial charge on any atom is -0.422 e. The van der Waals surface area contributed by atoms with Crippen molar-refractivity contribution in [2.45, 2.75) is 65.2 Å². The Kier molecular flexibility index (Phi) is 7.82. The van der Waals surface area contributed by atoms with Gasteiger partial charge in [-0.1, -0.05) is 64.5 Å². The average molecular weight is 446 g/mol. The van der Waals surface area contributed by atoms with Crippen molar-refractivity contribution in [1.82, 2.24) is 9.97 Å². The Hall–Kier alpha value is -3.08. The third-order valence-electron chi connectivity index (χ3n) is 6.29. The number of anilines is 1. The SMILES string of the molecule is CCCCCCN(CCCCCC)c1ccc2cc(-c3nc4ccccc4[nH]3)c(=O)oc2c1. The number of fused-ring (bicyclic) bond motifs is 2. The molecule has 4 aromatic rings. The lowest BCUT2D eigenvalue weighted by Crippen LogP contribution is -2.25. The molecule has 33 heavy (non-hydrogen) atoms. The van der Waals surface area contributed by atoms with Crippen LogP contribution in [0.2, 0.25) is 0 Å². The number of hydrogen-bond donors (Lipinski definition) is 1. The fourth-order valence-electron chi connectivity index (χ4n) is 4.37. The number of imidazole rings is 1. The molecule has 5 heteroatoms. The van der Waals surface area contributed by atoms with Crippen LogP contribution in [-0.2, 0) is 0 Å². The first kappa shape index (κ1) is 23.1. The number of H-pyrrole nitrogens is 1. The van der Waals surface area contributed by atoms with Gasteiger partial charge < -0.3 is 14.3 Å². The molecule has 0 saturated heterocycles. The molecule has 1 N–H and O–H groups in total. The van der Waals surface area contributed by atoms with Crippen molar-refractivity contribution in [3.8, 4) is 11.4 Å². The van der Waals surface area contributed by atoms with Gasteiger partial charge in [0.2, 0.25) is 0 Å². The van der Waals surface area contributed by atoms with E-state index >= 15 is 0 Å². The number of aromatic amines is 1. The van der Waals surface area contributed by atoms with Crippen molar-refractivity contribution in [2.75, 3.05) is 18.0 Å². The van der Waals surface area contributed by atoms with E-state index in [0.717, 1.165) is 35.2 Å². The molecule has 0 bridgehead atoms. The van der Waals surface area contributed by atoms with E-state index in [2.05, 4.69) is 40.8 Å². The summed E-state index contributed by atoms with van der Waals surface area (Å²) in [7, 11) is 0. The summed E-state index contributed by atoms with van der Waals surface area (Å²) in [5, 5.41) is 0.908. The average Bonchev–Trinajstić information content (AvgIpc) is 3.26. The fraction of sp³-hybridized carbons (Fsp3) is 0.429. The molecule has 0 atom stereocenters. The maximum absolute atomic E-state index is 12.8. The van der Waals surface area contributed by atoms with Crippen molar-refractivity contribution in [2.24, 2.45) is 0 Å². The number of unbranched alkanes of at least 4 members (excludes halogenated alkanes) is 6. The van der Waals surface area contributed by atoms with Crippen molar-refractivity contribution < 1.29 is 4.42 Å². The van der Waals surface area contributed by atoms with Crippen LogP contribution >= 0.6 is 0 Å². The van der Waals surface area contributed by atoms with Gasteiger partial charge in [0.15, 0.2) is 0 Å². The van der Waals surface area contributed by atoms with Crippen LogP contribution in [0.15, 0.2) is 57.7 Å². The molecule has 0 aliphatic rings. The van der Waals surface area contributed by atoms with Gasteiger partial charge in [-0.05, 0) is 43.2 Å². The van der Waals surface area contributed by atoms with Crippen LogP contribution in [0, 0.1) is 0 Å². The summed E-state index contributed by atoms with van der Waals surface area (Å²) in [6.45, 7) is 6.57. The summed E-state index contributed by atoms with van der Waals surface area (Å²) in [5.41, 5.74) is 3.60. The normalized spacial score (nSPS) is 11.5. The second-order valence-electron chi connectivity index (χ2n) is 8.88. The zero-order valence-corrected chi connectivity index (χ0v) is 19.9. The summed E-state index contributed by atoms with van der Waals surface area (Å²) in [4.78, 5) is 23.1.